The Morgan fingerprint density at radius 2 is 1.83 bits per heavy atom. The number of rotatable bonds is 5. The summed E-state index contributed by atoms with van der Waals surface area (Å²) in [6, 6.07) is 13.0. The summed E-state index contributed by atoms with van der Waals surface area (Å²) in [5.41, 5.74) is 0.979. The van der Waals surface area contributed by atoms with Crippen LogP contribution in [0.15, 0.2) is 52.1 Å². The number of carbonyl (C=O) groups excluding carboxylic acids is 1. The highest BCUT2D eigenvalue weighted by atomic mass is 32.2. The predicted molar refractivity (Wildman–Crippen MR) is 94.4 cm³/mol. The molecule has 1 saturated heterocycles. The first-order valence-electron chi connectivity index (χ1n) is 7.92. The van der Waals surface area contributed by atoms with Crippen LogP contribution in [-0.2, 0) is 21.2 Å². The Morgan fingerprint density at radius 1 is 1.12 bits per heavy atom. The molecular formula is C17H20N2O3S2. The number of benzene rings is 1. The average Bonchev–Trinajstić information content (AvgIpc) is 3.11. The van der Waals surface area contributed by atoms with Gasteiger partial charge >= 0.3 is 0 Å². The monoisotopic (exact) mass is 364 g/mol. The summed E-state index contributed by atoms with van der Waals surface area (Å²) in [7, 11) is -3.38. The van der Waals surface area contributed by atoms with Crippen molar-refractivity contribution in [2.24, 2.45) is 0 Å². The molecule has 1 aromatic carbocycles. The van der Waals surface area contributed by atoms with E-state index in [2.05, 4.69) is 5.32 Å². The Kier molecular flexibility index (Phi) is 5.33. The van der Waals surface area contributed by atoms with E-state index in [4.69, 9.17) is 0 Å². The molecule has 3 rings (SSSR count). The molecule has 5 nitrogen and oxygen atoms in total. The van der Waals surface area contributed by atoms with Gasteiger partial charge in [0.25, 0.3) is 10.0 Å². The molecule has 0 aliphatic carbocycles. The molecule has 7 heteroatoms. The Bertz CT molecular complexity index is 765. The smallest absolute Gasteiger partial charge is 0.252 e. The Labute approximate surface area is 146 Å². The van der Waals surface area contributed by atoms with E-state index in [1.165, 1.54) is 15.6 Å². The van der Waals surface area contributed by atoms with Crippen LogP contribution in [0.25, 0.3) is 0 Å². The van der Waals surface area contributed by atoms with Crippen LogP contribution in [0.5, 0.6) is 0 Å². The van der Waals surface area contributed by atoms with Gasteiger partial charge in [-0.25, -0.2) is 8.42 Å². The third kappa shape index (κ3) is 4.03. The Balaban J connectivity index is 1.51. The Hall–Kier alpha value is -1.70. The largest absolute Gasteiger partial charge is 0.353 e. The normalized spacial score (nSPS) is 16.8. The number of sulfonamides is 1. The SMILES string of the molecule is O=C(Cc1ccccc1)NC1CCN(S(=O)(=O)c2cccs2)CC1. The molecule has 0 unspecified atom stereocenters. The maximum absolute atomic E-state index is 12.5. The molecule has 0 bridgehead atoms. The van der Waals surface area contributed by atoms with E-state index in [0.717, 1.165) is 5.56 Å². The quantitative estimate of drug-likeness (QED) is 0.885. The molecule has 1 N–H and O–H groups in total. The van der Waals surface area contributed by atoms with Crippen LogP contribution in [0.4, 0.5) is 0 Å². The highest BCUT2D eigenvalue weighted by Gasteiger charge is 2.30. The van der Waals surface area contributed by atoms with Crippen molar-refractivity contribution in [3.8, 4) is 0 Å². The first-order chi connectivity index (χ1) is 11.6. The van der Waals surface area contributed by atoms with Gasteiger partial charge in [-0.15, -0.1) is 11.3 Å². The van der Waals surface area contributed by atoms with E-state index in [9.17, 15) is 13.2 Å². The fourth-order valence-electron chi connectivity index (χ4n) is 2.84. The molecule has 0 radical (unpaired) electrons. The minimum absolute atomic E-state index is 0.0132. The average molecular weight is 364 g/mol. The van der Waals surface area contributed by atoms with Gasteiger partial charge in [0.1, 0.15) is 4.21 Å². The summed E-state index contributed by atoms with van der Waals surface area (Å²) >= 11 is 1.24. The molecular weight excluding hydrogens is 344 g/mol. The zero-order chi connectivity index (χ0) is 17.0. The third-order valence-electron chi connectivity index (χ3n) is 4.12. The predicted octanol–water partition coefficient (Wildman–Crippen LogP) is 2.26. The molecule has 1 fully saturated rings. The van der Waals surface area contributed by atoms with Gasteiger partial charge in [0, 0.05) is 19.1 Å². The molecule has 1 amide bonds. The minimum Gasteiger partial charge on any atom is -0.353 e. The lowest BCUT2D eigenvalue weighted by atomic mass is 10.1. The van der Waals surface area contributed by atoms with Gasteiger partial charge in [-0.3, -0.25) is 4.79 Å². The Morgan fingerprint density at radius 3 is 2.46 bits per heavy atom. The second-order valence-corrected chi connectivity index (χ2v) is 8.95. The van der Waals surface area contributed by atoms with Crippen molar-refractivity contribution in [2.75, 3.05) is 13.1 Å². The van der Waals surface area contributed by atoms with Crippen LogP contribution in [0.1, 0.15) is 18.4 Å². The van der Waals surface area contributed by atoms with E-state index in [1.54, 1.807) is 17.5 Å². The highest BCUT2D eigenvalue weighted by Crippen LogP contribution is 2.24. The molecule has 24 heavy (non-hydrogen) atoms. The number of hydrogen-bond donors (Lipinski definition) is 1. The van der Waals surface area contributed by atoms with Crippen molar-refractivity contribution < 1.29 is 13.2 Å². The molecule has 1 aromatic heterocycles. The summed E-state index contributed by atoms with van der Waals surface area (Å²) in [6.45, 7) is 0.882. The first kappa shape index (κ1) is 17.1. The van der Waals surface area contributed by atoms with Crippen LogP contribution in [0.2, 0.25) is 0 Å². The van der Waals surface area contributed by atoms with Gasteiger partial charge in [0.05, 0.1) is 6.42 Å². The number of carbonyl (C=O) groups is 1. The number of hydrogen-bond acceptors (Lipinski definition) is 4. The van der Waals surface area contributed by atoms with Crippen molar-refractivity contribution in [1.29, 1.82) is 0 Å². The van der Waals surface area contributed by atoms with Crippen LogP contribution < -0.4 is 5.32 Å². The maximum atomic E-state index is 12.5. The van der Waals surface area contributed by atoms with E-state index < -0.39 is 10.0 Å². The number of piperidine rings is 1. The first-order valence-corrected chi connectivity index (χ1v) is 10.2. The molecule has 0 atom stereocenters. The summed E-state index contributed by atoms with van der Waals surface area (Å²) < 4.78 is 26.8. The molecule has 0 spiro atoms. The zero-order valence-electron chi connectivity index (χ0n) is 13.2. The molecule has 2 heterocycles. The minimum atomic E-state index is -3.38. The summed E-state index contributed by atoms with van der Waals surface area (Å²) in [5, 5.41) is 4.78. The molecule has 0 saturated carbocycles. The third-order valence-corrected chi connectivity index (χ3v) is 7.39. The van der Waals surface area contributed by atoms with E-state index in [-0.39, 0.29) is 11.9 Å². The second kappa shape index (κ2) is 7.46. The van der Waals surface area contributed by atoms with Crippen LogP contribution >= 0.6 is 11.3 Å². The topological polar surface area (TPSA) is 66.5 Å². The number of amides is 1. The lowest BCUT2D eigenvalue weighted by Gasteiger charge is -2.31. The summed E-state index contributed by atoms with van der Waals surface area (Å²) in [4.78, 5) is 12.1. The fraction of sp³-hybridized carbons (Fsp3) is 0.353. The highest BCUT2D eigenvalue weighted by molar-refractivity contribution is 7.91. The molecule has 1 aliphatic rings. The lowest BCUT2D eigenvalue weighted by Crippen LogP contribution is -2.46. The summed E-state index contributed by atoms with van der Waals surface area (Å²) in [6.07, 6.45) is 1.64. The van der Waals surface area contributed by atoms with Gasteiger partial charge in [-0.05, 0) is 29.9 Å². The maximum Gasteiger partial charge on any atom is 0.252 e. The zero-order valence-corrected chi connectivity index (χ0v) is 14.9. The van der Waals surface area contributed by atoms with Gasteiger partial charge in [0.15, 0.2) is 0 Å². The van der Waals surface area contributed by atoms with Crippen LogP contribution in [0.3, 0.4) is 0 Å². The van der Waals surface area contributed by atoms with Gasteiger partial charge < -0.3 is 5.32 Å². The number of nitrogens with zero attached hydrogens (tertiary/aromatic N) is 1. The number of nitrogens with one attached hydrogen (secondary N) is 1. The van der Waals surface area contributed by atoms with Crippen molar-refractivity contribution in [3.05, 3.63) is 53.4 Å². The van der Waals surface area contributed by atoms with Crippen LogP contribution in [-0.4, -0.2) is 37.8 Å². The van der Waals surface area contributed by atoms with E-state index >= 15 is 0 Å². The fourth-order valence-corrected chi connectivity index (χ4v) is 5.45. The molecule has 1 aliphatic heterocycles. The van der Waals surface area contributed by atoms with E-state index in [0.29, 0.717) is 36.6 Å². The van der Waals surface area contributed by atoms with Crippen molar-refractivity contribution in [2.45, 2.75) is 29.5 Å². The van der Waals surface area contributed by atoms with E-state index in [1.807, 2.05) is 30.3 Å². The van der Waals surface area contributed by atoms with Crippen molar-refractivity contribution >= 4 is 27.3 Å². The van der Waals surface area contributed by atoms with Gasteiger partial charge in [-0.2, -0.15) is 4.31 Å². The van der Waals surface area contributed by atoms with Gasteiger partial charge in [0.2, 0.25) is 5.91 Å². The van der Waals surface area contributed by atoms with Crippen LogP contribution in [0, 0.1) is 0 Å². The van der Waals surface area contributed by atoms with Crippen molar-refractivity contribution in [3.63, 3.8) is 0 Å². The van der Waals surface area contributed by atoms with Gasteiger partial charge in [-0.1, -0.05) is 36.4 Å². The molecule has 128 valence electrons. The second-order valence-electron chi connectivity index (χ2n) is 5.84. The lowest BCUT2D eigenvalue weighted by molar-refractivity contribution is -0.121. The van der Waals surface area contributed by atoms with Crippen molar-refractivity contribution in [1.82, 2.24) is 9.62 Å². The standard InChI is InChI=1S/C17H20N2O3S2/c20-16(13-14-5-2-1-3-6-14)18-15-8-10-19(11-9-15)24(21,22)17-7-4-12-23-17/h1-7,12,15H,8-11,13H2,(H,18,20). The summed E-state index contributed by atoms with van der Waals surface area (Å²) in [5.74, 6) is -0.0132. The molecule has 2 aromatic rings. The number of thiophene rings is 1.